The molecule has 2 aromatic rings. The highest BCUT2D eigenvalue weighted by molar-refractivity contribution is 9.10. The zero-order valence-corrected chi connectivity index (χ0v) is 13.1. The molecule has 0 radical (unpaired) electrons. The first-order valence-electron chi connectivity index (χ1n) is 5.92. The van der Waals surface area contributed by atoms with Crippen molar-refractivity contribution in [1.82, 2.24) is 4.72 Å². The Kier molecular flexibility index (Phi) is 4.57. The Hall–Kier alpha value is -1.24. The third-order valence-electron chi connectivity index (χ3n) is 2.83. The Morgan fingerprint density at radius 3 is 2.30 bits per heavy atom. The molecule has 0 amide bonds. The Bertz CT molecular complexity index is 701. The molecule has 0 saturated heterocycles. The van der Waals surface area contributed by atoms with Gasteiger partial charge in [-0.05, 0) is 36.8 Å². The summed E-state index contributed by atoms with van der Waals surface area (Å²) in [4.78, 5) is -0.344. The van der Waals surface area contributed by atoms with Crippen molar-refractivity contribution in [2.45, 2.75) is 17.9 Å². The molecule has 0 aromatic heterocycles. The van der Waals surface area contributed by atoms with Gasteiger partial charge in [-0.15, -0.1) is 0 Å². The summed E-state index contributed by atoms with van der Waals surface area (Å²) in [5, 5.41) is 0. The summed E-state index contributed by atoms with van der Waals surface area (Å²) in [6.45, 7) is 1.71. The third-order valence-corrected chi connectivity index (χ3v) is 4.93. The van der Waals surface area contributed by atoms with Gasteiger partial charge < -0.3 is 0 Å². The maximum absolute atomic E-state index is 13.6. The topological polar surface area (TPSA) is 46.2 Å². The van der Waals surface area contributed by atoms with E-state index in [1.165, 1.54) is 18.2 Å². The Morgan fingerprint density at radius 1 is 1.10 bits per heavy atom. The van der Waals surface area contributed by atoms with Crippen LogP contribution in [0.15, 0.2) is 57.9 Å². The smallest absolute Gasteiger partial charge is 0.207 e. The lowest BCUT2D eigenvalue weighted by molar-refractivity contribution is 0.547. The molecule has 6 heteroatoms. The molecule has 0 aliphatic rings. The summed E-state index contributed by atoms with van der Waals surface area (Å²) < 4.78 is 41.2. The maximum Gasteiger partial charge on any atom is 0.244 e. The van der Waals surface area contributed by atoms with Crippen LogP contribution in [0.5, 0.6) is 0 Å². The van der Waals surface area contributed by atoms with Crippen molar-refractivity contribution < 1.29 is 12.8 Å². The largest absolute Gasteiger partial charge is 0.244 e. The average molecular weight is 358 g/mol. The van der Waals surface area contributed by atoms with Gasteiger partial charge in [-0.3, -0.25) is 0 Å². The summed E-state index contributed by atoms with van der Waals surface area (Å²) in [5.41, 5.74) is 0.799. The van der Waals surface area contributed by atoms with Crippen LogP contribution in [-0.2, 0) is 10.0 Å². The van der Waals surface area contributed by atoms with Crippen molar-refractivity contribution in [2.75, 3.05) is 0 Å². The lowest BCUT2D eigenvalue weighted by Crippen LogP contribution is -2.27. The molecule has 0 bridgehead atoms. The van der Waals surface area contributed by atoms with Crippen molar-refractivity contribution >= 4 is 26.0 Å². The lowest BCUT2D eigenvalue weighted by Gasteiger charge is -2.15. The molecule has 0 spiro atoms. The number of halogens is 2. The van der Waals surface area contributed by atoms with E-state index in [2.05, 4.69) is 20.7 Å². The first-order valence-corrected chi connectivity index (χ1v) is 8.20. The molecule has 2 rings (SSSR count). The number of hydrogen-bond acceptors (Lipinski definition) is 2. The second-order valence-corrected chi connectivity index (χ2v) is 6.92. The van der Waals surface area contributed by atoms with E-state index in [0.717, 1.165) is 16.1 Å². The van der Waals surface area contributed by atoms with Crippen LogP contribution >= 0.6 is 15.9 Å². The Labute approximate surface area is 126 Å². The van der Waals surface area contributed by atoms with E-state index in [9.17, 15) is 12.8 Å². The van der Waals surface area contributed by atoms with Crippen LogP contribution in [-0.4, -0.2) is 8.42 Å². The summed E-state index contributed by atoms with van der Waals surface area (Å²) in [7, 11) is -3.89. The highest BCUT2D eigenvalue weighted by atomic mass is 79.9. The number of nitrogens with one attached hydrogen (secondary N) is 1. The van der Waals surface area contributed by atoms with E-state index < -0.39 is 21.9 Å². The molecule has 2 aromatic carbocycles. The van der Waals surface area contributed by atoms with Crippen molar-refractivity contribution in [2.24, 2.45) is 0 Å². The fraction of sp³-hybridized carbons (Fsp3) is 0.143. The zero-order chi connectivity index (χ0) is 14.8. The van der Waals surface area contributed by atoms with Crippen LogP contribution in [0, 0.1) is 5.82 Å². The molecule has 3 nitrogen and oxygen atoms in total. The lowest BCUT2D eigenvalue weighted by atomic mass is 10.1. The SMILES string of the molecule is C[C@H](NS(=O)(=O)c1ccccc1F)c1ccc(Br)cc1. The number of benzene rings is 2. The van der Waals surface area contributed by atoms with Crippen LogP contribution in [0.2, 0.25) is 0 Å². The summed E-state index contributed by atoms with van der Waals surface area (Å²) in [6.07, 6.45) is 0. The molecule has 106 valence electrons. The molecule has 1 N–H and O–H groups in total. The molecular weight excluding hydrogens is 345 g/mol. The van der Waals surface area contributed by atoms with Gasteiger partial charge in [0.1, 0.15) is 10.7 Å². The van der Waals surface area contributed by atoms with Gasteiger partial charge in [0.05, 0.1) is 0 Å². The molecule has 0 aliphatic heterocycles. The highest BCUT2D eigenvalue weighted by Gasteiger charge is 2.21. The van der Waals surface area contributed by atoms with Gasteiger partial charge in [0.25, 0.3) is 0 Å². The first-order chi connectivity index (χ1) is 9.40. The van der Waals surface area contributed by atoms with E-state index in [-0.39, 0.29) is 4.90 Å². The van der Waals surface area contributed by atoms with Crippen molar-refractivity contribution in [3.8, 4) is 0 Å². The minimum atomic E-state index is -3.89. The van der Waals surface area contributed by atoms with Gasteiger partial charge in [-0.1, -0.05) is 40.2 Å². The molecule has 0 heterocycles. The molecule has 0 saturated carbocycles. The van der Waals surface area contributed by atoms with E-state index in [4.69, 9.17) is 0 Å². The van der Waals surface area contributed by atoms with Gasteiger partial charge in [-0.2, -0.15) is 0 Å². The van der Waals surface area contributed by atoms with Gasteiger partial charge in [0.15, 0.2) is 0 Å². The van der Waals surface area contributed by atoms with E-state index in [0.29, 0.717) is 0 Å². The van der Waals surface area contributed by atoms with Crippen molar-refractivity contribution in [3.05, 3.63) is 64.4 Å². The third kappa shape index (κ3) is 3.45. The van der Waals surface area contributed by atoms with Crippen molar-refractivity contribution in [3.63, 3.8) is 0 Å². The molecule has 20 heavy (non-hydrogen) atoms. The van der Waals surface area contributed by atoms with E-state index in [1.54, 1.807) is 19.1 Å². The Morgan fingerprint density at radius 2 is 1.70 bits per heavy atom. The quantitative estimate of drug-likeness (QED) is 0.907. The minimum Gasteiger partial charge on any atom is -0.207 e. The van der Waals surface area contributed by atoms with Crippen LogP contribution in [0.4, 0.5) is 4.39 Å². The summed E-state index contributed by atoms with van der Waals surface area (Å²) >= 11 is 3.31. The van der Waals surface area contributed by atoms with Crippen LogP contribution in [0.1, 0.15) is 18.5 Å². The normalized spacial score (nSPS) is 13.2. The zero-order valence-electron chi connectivity index (χ0n) is 10.7. The highest BCUT2D eigenvalue weighted by Crippen LogP contribution is 2.20. The Balaban J connectivity index is 2.24. The molecular formula is C14H13BrFNO2S. The van der Waals surface area contributed by atoms with Crippen LogP contribution in [0.25, 0.3) is 0 Å². The second kappa shape index (κ2) is 6.03. The summed E-state index contributed by atoms with van der Waals surface area (Å²) in [6, 6.07) is 12.1. The molecule has 0 aliphatic carbocycles. The number of hydrogen-bond donors (Lipinski definition) is 1. The second-order valence-electron chi connectivity index (χ2n) is 4.32. The van der Waals surface area contributed by atoms with Crippen LogP contribution in [0.3, 0.4) is 0 Å². The van der Waals surface area contributed by atoms with Gasteiger partial charge in [-0.25, -0.2) is 17.5 Å². The monoisotopic (exact) mass is 357 g/mol. The fourth-order valence-corrected chi connectivity index (χ4v) is 3.35. The minimum absolute atomic E-state index is 0.344. The predicted molar refractivity (Wildman–Crippen MR) is 79.3 cm³/mol. The number of sulfonamides is 1. The predicted octanol–water partition coefficient (Wildman–Crippen LogP) is 3.63. The van der Waals surface area contributed by atoms with E-state index in [1.807, 2.05) is 12.1 Å². The average Bonchev–Trinajstić information content (AvgIpc) is 2.39. The van der Waals surface area contributed by atoms with Gasteiger partial charge >= 0.3 is 0 Å². The standard InChI is InChI=1S/C14H13BrFNO2S/c1-10(11-6-8-12(15)9-7-11)17-20(18,19)14-5-3-2-4-13(14)16/h2-10,17H,1H3/t10-/m0/s1. The fourth-order valence-electron chi connectivity index (χ4n) is 1.78. The van der Waals surface area contributed by atoms with Gasteiger partial charge in [0.2, 0.25) is 10.0 Å². The van der Waals surface area contributed by atoms with Gasteiger partial charge in [0, 0.05) is 10.5 Å². The number of rotatable bonds is 4. The first kappa shape index (κ1) is 15.2. The molecule has 0 unspecified atom stereocenters. The molecule has 0 fully saturated rings. The van der Waals surface area contributed by atoms with Crippen molar-refractivity contribution in [1.29, 1.82) is 0 Å². The maximum atomic E-state index is 13.6. The molecule has 1 atom stereocenters. The van der Waals surface area contributed by atoms with Crippen LogP contribution < -0.4 is 4.72 Å². The van der Waals surface area contributed by atoms with E-state index >= 15 is 0 Å². The summed E-state index contributed by atoms with van der Waals surface area (Å²) in [5.74, 6) is -0.761.